The van der Waals surface area contributed by atoms with Crippen molar-refractivity contribution in [3.05, 3.63) is 30.5 Å². The van der Waals surface area contributed by atoms with Crippen LogP contribution < -0.4 is 8.92 Å². The number of aromatic nitrogens is 1. The van der Waals surface area contributed by atoms with E-state index in [9.17, 15) is 21.6 Å². The van der Waals surface area contributed by atoms with Crippen molar-refractivity contribution in [2.24, 2.45) is 0 Å². The van der Waals surface area contributed by atoms with E-state index >= 15 is 0 Å². The number of nitrogens with zero attached hydrogens (tertiary/aromatic N) is 1. The molecule has 114 valence electrons. The molecule has 2 rings (SSSR count). The minimum atomic E-state index is -5.77. The number of halogens is 3. The molecular formula is C11H8F3NO5S. The predicted octanol–water partition coefficient (Wildman–Crippen LogP) is 2.58. The van der Waals surface area contributed by atoms with Crippen LogP contribution in [0.1, 0.15) is 0 Å². The molecule has 1 aromatic heterocycles. The summed E-state index contributed by atoms with van der Waals surface area (Å²) in [5, 5.41) is 0. The van der Waals surface area contributed by atoms with Gasteiger partial charge in [-0.1, -0.05) is 0 Å². The first kappa shape index (κ1) is 15.2. The van der Waals surface area contributed by atoms with Crippen LogP contribution in [0.5, 0.6) is 11.6 Å². The molecule has 0 saturated carbocycles. The predicted molar refractivity (Wildman–Crippen MR) is 64.1 cm³/mol. The van der Waals surface area contributed by atoms with Crippen LogP contribution in [0.3, 0.4) is 0 Å². The van der Waals surface area contributed by atoms with Crippen LogP contribution in [0.2, 0.25) is 0 Å². The number of methoxy groups -OCH3 is 1. The van der Waals surface area contributed by atoms with Crippen molar-refractivity contribution in [1.82, 2.24) is 4.98 Å². The summed E-state index contributed by atoms with van der Waals surface area (Å²) in [7, 11) is -4.31. The molecule has 0 aliphatic heterocycles. The van der Waals surface area contributed by atoms with E-state index in [-0.39, 0.29) is 5.89 Å². The second-order valence-electron chi connectivity index (χ2n) is 3.70. The van der Waals surface area contributed by atoms with E-state index in [1.807, 2.05) is 0 Å². The van der Waals surface area contributed by atoms with Gasteiger partial charge < -0.3 is 13.3 Å². The Hall–Kier alpha value is -2.23. The smallest absolute Gasteiger partial charge is 0.497 e. The Morgan fingerprint density at radius 1 is 1.19 bits per heavy atom. The number of benzene rings is 1. The highest BCUT2D eigenvalue weighted by molar-refractivity contribution is 7.87. The summed E-state index contributed by atoms with van der Waals surface area (Å²) in [6.45, 7) is 0. The van der Waals surface area contributed by atoms with Gasteiger partial charge in [0, 0.05) is 5.56 Å². The molecule has 0 saturated heterocycles. The van der Waals surface area contributed by atoms with Crippen molar-refractivity contribution >= 4 is 10.1 Å². The van der Waals surface area contributed by atoms with Gasteiger partial charge in [-0.2, -0.15) is 26.6 Å². The van der Waals surface area contributed by atoms with Gasteiger partial charge in [0.15, 0.2) is 6.26 Å². The normalized spacial score (nSPS) is 12.2. The zero-order valence-corrected chi connectivity index (χ0v) is 11.2. The van der Waals surface area contributed by atoms with E-state index < -0.39 is 21.5 Å². The summed E-state index contributed by atoms with van der Waals surface area (Å²) in [6.07, 6.45) is 0.669. The zero-order chi connectivity index (χ0) is 15.7. The lowest BCUT2D eigenvalue weighted by Crippen LogP contribution is -2.28. The Balaban J connectivity index is 2.22. The summed E-state index contributed by atoms with van der Waals surface area (Å²) in [5.41, 5.74) is -5.12. The van der Waals surface area contributed by atoms with Crippen molar-refractivity contribution in [2.45, 2.75) is 5.51 Å². The van der Waals surface area contributed by atoms with E-state index in [0.29, 0.717) is 17.6 Å². The van der Waals surface area contributed by atoms with Gasteiger partial charge in [-0.3, -0.25) is 0 Å². The summed E-state index contributed by atoms with van der Waals surface area (Å²) < 4.78 is 71.7. The number of alkyl halides is 3. The number of hydrogen-bond donors (Lipinski definition) is 0. The van der Waals surface area contributed by atoms with Crippen LogP contribution in [-0.2, 0) is 10.1 Å². The van der Waals surface area contributed by atoms with Crippen LogP contribution in [0, 0.1) is 0 Å². The van der Waals surface area contributed by atoms with Crippen molar-refractivity contribution in [2.75, 3.05) is 7.11 Å². The molecular weight excluding hydrogens is 315 g/mol. The zero-order valence-electron chi connectivity index (χ0n) is 10.4. The van der Waals surface area contributed by atoms with Crippen LogP contribution in [0.15, 0.2) is 34.9 Å². The molecule has 2 aromatic rings. The van der Waals surface area contributed by atoms with Gasteiger partial charge in [0.2, 0.25) is 5.89 Å². The third-order valence-corrected chi connectivity index (χ3v) is 3.26. The monoisotopic (exact) mass is 323 g/mol. The SMILES string of the molecule is COc1ccc(-c2nc(OS(=O)(=O)C(F)(F)F)co2)cc1. The fraction of sp³-hybridized carbons (Fsp3) is 0.182. The van der Waals surface area contributed by atoms with E-state index in [0.717, 1.165) is 0 Å². The van der Waals surface area contributed by atoms with E-state index in [1.165, 1.54) is 19.2 Å². The molecule has 1 heterocycles. The number of hydrogen-bond acceptors (Lipinski definition) is 6. The molecule has 0 unspecified atom stereocenters. The highest BCUT2D eigenvalue weighted by Crippen LogP contribution is 2.29. The molecule has 10 heteroatoms. The minimum absolute atomic E-state index is 0.0926. The fourth-order valence-electron chi connectivity index (χ4n) is 1.32. The quantitative estimate of drug-likeness (QED) is 0.635. The molecule has 0 bridgehead atoms. The summed E-state index contributed by atoms with van der Waals surface area (Å²) in [4.78, 5) is 3.53. The van der Waals surface area contributed by atoms with Crippen molar-refractivity contribution in [1.29, 1.82) is 0 Å². The minimum Gasteiger partial charge on any atom is -0.497 e. The molecule has 21 heavy (non-hydrogen) atoms. The van der Waals surface area contributed by atoms with Crippen LogP contribution in [0.4, 0.5) is 13.2 Å². The fourth-order valence-corrected chi connectivity index (χ4v) is 1.72. The molecule has 0 aliphatic rings. The Labute approximate surface area is 117 Å². The highest BCUT2D eigenvalue weighted by Gasteiger charge is 2.49. The first-order valence-corrected chi connectivity index (χ1v) is 6.74. The van der Waals surface area contributed by atoms with Gasteiger partial charge in [0.05, 0.1) is 7.11 Å². The van der Waals surface area contributed by atoms with E-state index in [4.69, 9.17) is 9.15 Å². The lowest BCUT2D eigenvalue weighted by Gasteiger charge is -2.05. The average Bonchev–Trinajstić information content (AvgIpc) is 2.85. The Morgan fingerprint density at radius 2 is 1.81 bits per heavy atom. The second-order valence-corrected chi connectivity index (χ2v) is 5.24. The van der Waals surface area contributed by atoms with Gasteiger partial charge in [0.25, 0.3) is 5.88 Å². The third kappa shape index (κ3) is 3.27. The highest BCUT2D eigenvalue weighted by atomic mass is 32.2. The molecule has 1 aromatic carbocycles. The van der Waals surface area contributed by atoms with Crippen molar-refractivity contribution in [3.8, 4) is 23.1 Å². The van der Waals surface area contributed by atoms with Crippen LogP contribution in [-0.4, -0.2) is 26.0 Å². The van der Waals surface area contributed by atoms with E-state index in [2.05, 4.69) is 9.17 Å². The van der Waals surface area contributed by atoms with Gasteiger partial charge in [-0.05, 0) is 24.3 Å². The Morgan fingerprint density at radius 3 is 2.33 bits per heavy atom. The van der Waals surface area contributed by atoms with Crippen LogP contribution in [0.25, 0.3) is 11.5 Å². The Bertz CT molecular complexity index is 721. The molecule has 0 aliphatic carbocycles. The maximum Gasteiger partial charge on any atom is 0.534 e. The lowest BCUT2D eigenvalue weighted by atomic mass is 10.2. The molecule has 0 amide bonds. The summed E-state index contributed by atoms with van der Waals surface area (Å²) in [6, 6.07) is 6.22. The number of ether oxygens (including phenoxy) is 1. The van der Waals surface area contributed by atoms with Gasteiger partial charge in [-0.15, -0.1) is 0 Å². The van der Waals surface area contributed by atoms with Gasteiger partial charge in [-0.25, -0.2) is 0 Å². The molecule has 0 N–H and O–H groups in total. The largest absolute Gasteiger partial charge is 0.534 e. The third-order valence-electron chi connectivity index (χ3n) is 2.30. The van der Waals surface area contributed by atoms with Crippen molar-refractivity contribution < 1.29 is 34.9 Å². The molecule has 0 radical (unpaired) electrons. The Kier molecular flexibility index (Phi) is 3.81. The summed E-state index contributed by atoms with van der Waals surface area (Å²) in [5.74, 6) is -0.343. The van der Waals surface area contributed by atoms with Crippen LogP contribution >= 0.6 is 0 Å². The lowest BCUT2D eigenvalue weighted by molar-refractivity contribution is -0.0501. The van der Waals surface area contributed by atoms with Gasteiger partial charge >= 0.3 is 15.6 Å². The maximum atomic E-state index is 12.1. The van der Waals surface area contributed by atoms with Crippen molar-refractivity contribution in [3.63, 3.8) is 0 Å². The molecule has 6 nitrogen and oxygen atoms in total. The second kappa shape index (κ2) is 5.28. The topological polar surface area (TPSA) is 78.6 Å². The molecule has 0 spiro atoms. The number of rotatable bonds is 4. The first-order chi connectivity index (χ1) is 9.73. The summed E-state index contributed by atoms with van der Waals surface area (Å²) >= 11 is 0. The van der Waals surface area contributed by atoms with E-state index in [1.54, 1.807) is 12.1 Å². The average molecular weight is 323 g/mol. The first-order valence-electron chi connectivity index (χ1n) is 5.33. The standard InChI is InChI=1S/C11H8F3NO5S/c1-18-8-4-2-7(3-5-8)10-15-9(6-19-10)20-21(16,17)11(12,13)14/h2-6H,1H3. The number of oxazole rings is 1. The van der Waals surface area contributed by atoms with Gasteiger partial charge in [0.1, 0.15) is 5.75 Å². The molecule has 0 fully saturated rings. The molecule has 0 atom stereocenters. The maximum absolute atomic E-state index is 12.1.